The molecule has 1 N–H and O–H groups in total. The van der Waals surface area contributed by atoms with Gasteiger partial charge in [-0.05, 0) is 15.9 Å². The van der Waals surface area contributed by atoms with Crippen molar-refractivity contribution < 1.29 is 9.90 Å². The summed E-state index contributed by atoms with van der Waals surface area (Å²) in [6, 6.07) is 0. The second-order valence-electron chi connectivity index (χ2n) is 2.34. The SMILES string of the molecule is Cn1c(Br)nnc1CCC(=O)O. The van der Waals surface area contributed by atoms with Gasteiger partial charge in [-0.3, -0.25) is 4.79 Å². The second kappa shape index (κ2) is 3.66. The Morgan fingerprint density at radius 1 is 1.67 bits per heavy atom. The lowest BCUT2D eigenvalue weighted by molar-refractivity contribution is -0.137. The van der Waals surface area contributed by atoms with Gasteiger partial charge in [0.15, 0.2) is 4.73 Å². The van der Waals surface area contributed by atoms with Crippen molar-refractivity contribution in [1.82, 2.24) is 14.8 Å². The molecule has 5 nitrogen and oxygen atoms in total. The predicted octanol–water partition coefficient (Wildman–Crippen LogP) is 0.595. The topological polar surface area (TPSA) is 68.0 Å². The van der Waals surface area contributed by atoms with Gasteiger partial charge in [-0.25, -0.2) is 0 Å². The maximum atomic E-state index is 10.2. The molecule has 0 aliphatic heterocycles. The fourth-order valence-corrected chi connectivity index (χ4v) is 1.06. The number of nitrogens with zero attached hydrogens (tertiary/aromatic N) is 3. The van der Waals surface area contributed by atoms with E-state index in [-0.39, 0.29) is 6.42 Å². The number of halogens is 1. The first-order valence-electron chi connectivity index (χ1n) is 3.37. The number of aromatic nitrogens is 3. The van der Waals surface area contributed by atoms with E-state index in [2.05, 4.69) is 26.1 Å². The molecule has 0 aromatic carbocycles. The Balaban J connectivity index is 2.63. The Hall–Kier alpha value is -0.910. The summed E-state index contributed by atoms with van der Waals surface area (Å²) in [4.78, 5) is 10.2. The molecule has 1 heterocycles. The first kappa shape index (κ1) is 9.18. The minimum absolute atomic E-state index is 0.0823. The Kier molecular flexibility index (Phi) is 2.80. The van der Waals surface area contributed by atoms with Crippen LogP contribution in [0.5, 0.6) is 0 Å². The smallest absolute Gasteiger partial charge is 0.303 e. The lowest BCUT2D eigenvalue weighted by atomic mass is 10.3. The molecule has 0 bridgehead atoms. The fourth-order valence-electron chi connectivity index (χ4n) is 0.776. The van der Waals surface area contributed by atoms with Crippen LogP contribution in [0.4, 0.5) is 0 Å². The highest BCUT2D eigenvalue weighted by atomic mass is 79.9. The number of hydrogen-bond donors (Lipinski definition) is 1. The zero-order chi connectivity index (χ0) is 9.14. The molecule has 66 valence electrons. The monoisotopic (exact) mass is 233 g/mol. The van der Waals surface area contributed by atoms with E-state index in [0.29, 0.717) is 17.0 Å². The lowest BCUT2D eigenvalue weighted by Crippen LogP contribution is -2.03. The molecule has 0 radical (unpaired) electrons. The number of carboxylic acids is 1. The summed E-state index contributed by atoms with van der Waals surface area (Å²) < 4.78 is 2.33. The summed E-state index contributed by atoms with van der Waals surface area (Å²) in [6.07, 6.45) is 0.489. The molecule has 0 fully saturated rings. The van der Waals surface area contributed by atoms with Gasteiger partial charge in [0.1, 0.15) is 5.82 Å². The van der Waals surface area contributed by atoms with Crippen molar-refractivity contribution in [3.05, 3.63) is 10.6 Å². The standard InChI is InChI=1S/C6H8BrN3O2/c1-10-4(2-3-5(11)12)8-9-6(10)7/h2-3H2,1H3,(H,11,12). The molecular weight excluding hydrogens is 226 g/mol. The van der Waals surface area contributed by atoms with E-state index in [1.807, 2.05) is 0 Å². The van der Waals surface area contributed by atoms with Gasteiger partial charge >= 0.3 is 5.97 Å². The summed E-state index contributed by atoms with van der Waals surface area (Å²) in [5, 5.41) is 15.9. The third-order valence-electron chi connectivity index (χ3n) is 1.47. The van der Waals surface area contributed by atoms with E-state index >= 15 is 0 Å². The Morgan fingerprint density at radius 3 is 2.75 bits per heavy atom. The minimum Gasteiger partial charge on any atom is -0.481 e. The molecule has 0 atom stereocenters. The number of rotatable bonds is 3. The van der Waals surface area contributed by atoms with E-state index in [1.54, 1.807) is 11.6 Å². The van der Waals surface area contributed by atoms with Crippen LogP contribution < -0.4 is 0 Å². The van der Waals surface area contributed by atoms with Crippen molar-refractivity contribution in [3.63, 3.8) is 0 Å². The van der Waals surface area contributed by atoms with Crippen LogP contribution in [0.3, 0.4) is 0 Å². The van der Waals surface area contributed by atoms with Gasteiger partial charge in [0.05, 0.1) is 6.42 Å². The van der Waals surface area contributed by atoms with Gasteiger partial charge in [-0.15, -0.1) is 10.2 Å². The highest BCUT2D eigenvalue weighted by Gasteiger charge is 2.07. The third-order valence-corrected chi connectivity index (χ3v) is 2.16. The molecule has 0 saturated heterocycles. The molecule has 1 aromatic heterocycles. The molecule has 0 aliphatic rings. The summed E-state index contributed by atoms with van der Waals surface area (Å²) in [5.41, 5.74) is 0. The van der Waals surface area contributed by atoms with Gasteiger partial charge < -0.3 is 9.67 Å². The molecule has 0 unspecified atom stereocenters. The summed E-state index contributed by atoms with van der Waals surface area (Å²) in [5.74, 6) is -0.154. The van der Waals surface area contributed by atoms with Crippen molar-refractivity contribution in [1.29, 1.82) is 0 Å². The van der Waals surface area contributed by atoms with Crippen LogP contribution >= 0.6 is 15.9 Å². The maximum Gasteiger partial charge on any atom is 0.303 e. The number of aryl methyl sites for hydroxylation is 1. The zero-order valence-electron chi connectivity index (χ0n) is 6.49. The van der Waals surface area contributed by atoms with Crippen LogP contribution in [0, 0.1) is 0 Å². The molecule has 0 aliphatic carbocycles. The van der Waals surface area contributed by atoms with Gasteiger partial charge in [0.2, 0.25) is 0 Å². The van der Waals surface area contributed by atoms with Crippen LogP contribution in [0.25, 0.3) is 0 Å². The Bertz CT molecular complexity index is 297. The van der Waals surface area contributed by atoms with Crippen molar-refractivity contribution in [2.24, 2.45) is 7.05 Å². The average Bonchev–Trinajstić information content (AvgIpc) is 2.30. The second-order valence-corrected chi connectivity index (χ2v) is 3.05. The van der Waals surface area contributed by atoms with Crippen LogP contribution in [-0.4, -0.2) is 25.8 Å². The minimum atomic E-state index is -0.825. The zero-order valence-corrected chi connectivity index (χ0v) is 8.08. The summed E-state index contributed by atoms with van der Waals surface area (Å²) in [7, 11) is 1.78. The third kappa shape index (κ3) is 2.04. The van der Waals surface area contributed by atoms with Gasteiger partial charge in [0.25, 0.3) is 0 Å². The van der Waals surface area contributed by atoms with Crippen LogP contribution in [0.15, 0.2) is 4.73 Å². The van der Waals surface area contributed by atoms with Crippen LogP contribution in [-0.2, 0) is 18.3 Å². The van der Waals surface area contributed by atoms with Crippen LogP contribution in [0.1, 0.15) is 12.2 Å². The summed E-state index contributed by atoms with van der Waals surface area (Å²) in [6.45, 7) is 0. The maximum absolute atomic E-state index is 10.2. The highest BCUT2D eigenvalue weighted by molar-refractivity contribution is 9.10. The molecule has 0 saturated carbocycles. The van der Waals surface area contributed by atoms with E-state index in [0.717, 1.165) is 0 Å². The Labute approximate surface area is 77.5 Å². The van der Waals surface area contributed by atoms with E-state index in [9.17, 15) is 4.79 Å². The lowest BCUT2D eigenvalue weighted by Gasteiger charge is -1.97. The van der Waals surface area contributed by atoms with Gasteiger partial charge in [0, 0.05) is 13.5 Å². The van der Waals surface area contributed by atoms with Gasteiger partial charge in [-0.1, -0.05) is 0 Å². The fraction of sp³-hybridized carbons (Fsp3) is 0.500. The molecule has 12 heavy (non-hydrogen) atoms. The first-order valence-corrected chi connectivity index (χ1v) is 4.16. The molecule has 6 heteroatoms. The van der Waals surface area contributed by atoms with Crippen molar-refractivity contribution >= 4 is 21.9 Å². The highest BCUT2D eigenvalue weighted by Crippen LogP contribution is 2.07. The predicted molar refractivity (Wildman–Crippen MR) is 44.7 cm³/mol. The largest absolute Gasteiger partial charge is 0.481 e. The quantitative estimate of drug-likeness (QED) is 0.831. The molecule has 1 rings (SSSR count). The molecular formula is C6H8BrN3O2. The van der Waals surface area contributed by atoms with Gasteiger partial charge in [-0.2, -0.15) is 0 Å². The number of aliphatic carboxylic acids is 1. The van der Waals surface area contributed by atoms with Crippen molar-refractivity contribution in [3.8, 4) is 0 Å². The number of hydrogen-bond acceptors (Lipinski definition) is 3. The molecule has 1 aromatic rings. The Morgan fingerprint density at radius 2 is 2.33 bits per heavy atom. The molecule has 0 amide bonds. The van der Waals surface area contributed by atoms with Crippen molar-refractivity contribution in [2.75, 3.05) is 0 Å². The van der Waals surface area contributed by atoms with E-state index in [4.69, 9.17) is 5.11 Å². The van der Waals surface area contributed by atoms with E-state index < -0.39 is 5.97 Å². The first-order chi connectivity index (χ1) is 5.61. The van der Waals surface area contributed by atoms with Crippen LogP contribution in [0.2, 0.25) is 0 Å². The average molecular weight is 234 g/mol. The normalized spacial score (nSPS) is 10.2. The molecule has 0 spiro atoms. The van der Waals surface area contributed by atoms with E-state index in [1.165, 1.54) is 0 Å². The van der Waals surface area contributed by atoms with Crippen molar-refractivity contribution in [2.45, 2.75) is 12.8 Å². The summed E-state index contributed by atoms with van der Waals surface area (Å²) >= 11 is 3.16. The number of carboxylic acid groups (broad SMARTS) is 1. The number of carbonyl (C=O) groups is 1.